The van der Waals surface area contributed by atoms with E-state index in [9.17, 15) is 0 Å². The van der Waals surface area contributed by atoms with E-state index in [1.54, 1.807) is 0 Å². The summed E-state index contributed by atoms with van der Waals surface area (Å²) in [6.45, 7) is 0. The Morgan fingerprint density at radius 2 is 0.778 bits per heavy atom. The first-order valence-electron chi connectivity index (χ1n) is 17.0. The number of nitrogens with zero attached hydrogens (tertiary/aromatic N) is 2. The summed E-state index contributed by atoms with van der Waals surface area (Å²) >= 11 is -1.57. The standard InChI is InChI=1S/C46H30N4.3ClH.Pd/c1-2-30-29-41-44(33-19-11-5-12-20-33)39-26-25-37(48-39)42(31-15-7-3-8-16-31)35-23-24-36(47-35)43(32-17-9-4-10-18-32)38-27-28-40(49-38)45(46(30)50-41)34-21-13-6-14-22-34;;;;/h1,3-29,47,50H;3*1H;/q;;;;+3/p-3. The molecule has 4 aromatic carbocycles. The van der Waals surface area contributed by atoms with Gasteiger partial charge < -0.3 is 9.97 Å². The van der Waals surface area contributed by atoms with Gasteiger partial charge in [0, 0.05) is 38.8 Å². The molecule has 4 nitrogen and oxygen atoms in total. The summed E-state index contributed by atoms with van der Waals surface area (Å²) in [4.78, 5) is 18.3. The molecule has 0 saturated heterocycles. The van der Waals surface area contributed by atoms with Gasteiger partial charge in [0.25, 0.3) is 0 Å². The Kier molecular flexibility index (Phi) is 10.5. The van der Waals surface area contributed by atoms with Gasteiger partial charge >= 0.3 is 42.3 Å². The van der Waals surface area contributed by atoms with E-state index >= 15 is 0 Å². The van der Waals surface area contributed by atoms with Crippen LogP contribution in [0.15, 0.2) is 140 Å². The van der Waals surface area contributed by atoms with E-state index in [-0.39, 0.29) is 0 Å². The van der Waals surface area contributed by atoms with Crippen molar-refractivity contribution in [3.05, 3.63) is 168 Å². The molecule has 7 aromatic rings. The first-order valence-corrected chi connectivity index (χ1v) is 23.0. The van der Waals surface area contributed by atoms with Gasteiger partial charge in [-0.2, -0.15) is 0 Å². The average Bonchev–Trinajstić information content (AvgIpc) is 4.03. The van der Waals surface area contributed by atoms with Crippen LogP contribution in [0.1, 0.15) is 28.3 Å². The van der Waals surface area contributed by atoms with E-state index in [1.807, 2.05) is 36.4 Å². The zero-order valence-electron chi connectivity index (χ0n) is 28.5. The van der Waals surface area contributed by atoms with Gasteiger partial charge in [-0.1, -0.05) is 127 Å². The van der Waals surface area contributed by atoms with Crippen LogP contribution in [0.3, 0.4) is 0 Å². The number of halogens is 3. The zero-order valence-corrected chi connectivity index (χ0v) is 32.3. The van der Waals surface area contributed by atoms with Crippen LogP contribution in [0.25, 0.3) is 90.9 Å². The predicted molar refractivity (Wildman–Crippen MR) is 226 cm³/mol. The molecule has 2 aliphatic rings. The molecule has 2 N–H and O–H groups in total. The van der Waals surface area contributed by atoms with Gasteiger partial charge in [-0.15, -0.1) is 6.42 Å². The summed E-state index contributed by atoms with van der Waals surface area (Å²) in [6.07, 6.45) is 14.7. The Labute approximate surface area is 331 Å². The number of terminal acetylenes is 1. The number of fused-ring (bicyclic) bond motifs is 8. The van der Waals surface area contributed by atoms with Crippen molar-refractivity contribution in [2.24, 2.45) is 0 Å². The molecule has 0 fully saturated rings. The van der Waals surface area contributed by atoms with Gasteiger partial charge in [0.15, 0.2) is 0 Å². The summed E-state index contributed by atoms with van der Waals surface area (Å²) in [6, 6.07) is 47.9. The van der Waals surface area contributed by atoms with Crippen molar-refractivity contribution in [2.45, 2.75) is 0 Å². The van der Waals surface area contributed by atoms with Gasteiger partial charge in [0.1, 0.15) is 0 Å². The molecule has 0 saturated carbocycles. The van der Waals surface area contributed by atoms with Crippen molar-refractivity contribution < 1.29 is 13.7 Å². The Bertz CT molecular complexity index is 2750. The molecular formula is C46H30Cl3N4Pd. The number of rotatable bonds is 4. The van der Waals surface area contributed by atoms with E-state index in [2.05, 4.69) is 143 Å². The number of aromatic amines is 2. The summed E-state index contributed by atoms with van der Waals surface area (Å²) in [5.74, 6) is 2.99. The predicted octanol–water partition coefficient (Wildman–Crippen LogP) is 13.4. The van der Waals surface area contributed by atoms with Gasteiger partial charge in [-0.05, 0) is 64.8 Å². The minimum atomic E-state index is -1.57. The molecule has 0 radical (unpaired) electrons. The summed E-state index contributed by atoms with van der Waals surface area (Å²) in [5, 5.41) is 0. The van der Waals surface area contributed by atoms with Crippen molar-refractivity contribution in [3.8, 4) is 56.9 Å². The Balaban J connectivity index is 0.000000987. The van der Waals surface area contributed by atoms with Gasteiger partial charge in [-0.25, -0.2) is 9.97 Å². The first-order chi connectivity index (χ1) is 26.5. The fourth-order valence-electron chi connectivity index (χ4n) is 7.03. The Morgan fingerprint density at radius 3 is 1.15 bits per heavy atom. The molecular weight excluding hydrogens is 821 g/mol. The maximum absolute atomic E-state index is 6.29. The molecule has 0 spiro atoms. The summed E-state index contributed by atoms with van der Waals surface area (Å²) < 4.78 is 0. The fraction of sp³-hybridized carbons (Fsp3) is 0. The van der Waals surface area contributed by atoms with Crippen LogP contribution in [0.4, 0.5) is 0 Å². The van der Waals surface area contributed by atoms with Crippen LogP contribution in [0.5, 0.6) is 0 Å². The number of hydrogen-bond acceptors (Lipinski definition) is 2. The zero-order chi connectivity index (χ0) is 37.0. The monoisotopic (exact) mass is 849 g/mol. The molecule has 0 aliphatic carbocycles. The molecule has 54 heavy (non-hydrogen) atoms. The van der Waals surface area contributed by atoms with E-state index in [0.717, 1.165) is 94.9 Å². The van der Waals surface area contributed by atoms with Gasteiger partial charge in [0.2, 0.25) is 0 Å². The first kappa shape index (κ1) is 35.6. The van der Waals surface area contributed by atoms with E-state index in [4.69, 9.17) is 45.0 Å². The molecule has 0 amide bonds. The number of H-pyrrole nitrogens is 2. The van der Waals surface area contributed by atoms with Crippen LogP contribution < -0.4 is 0 Å². The molecule has 2 aliphatic heterocycles. The van der Waals surface area contributed by atoms with E-state index in [1.165, 1.54) is 0 Å². The van der Waals surface area contributed by atoms with Crippen LogP contribution >= 0.6 is 28.6 Å². The second-order valence-electron chi connectivity index (χ2n) is 12.4. The van der Waals surface area contributed by atoms with Crippen molar-refractivity contribution in [1.82, 2.24) is 19.9 Å². The second kappa shape index (κ2) is 15.9. The van der Waals surface area contributed by atoms with Crippen molar-refractivity contribution in [1.29, 1.82) is 0 Å². The maximum atomic E-state index is 6.29. The molecule has 9 rings (SSSR count). The molecule has 5 heterocycles. The van der Waals surface area contributed by atoms with Crippen molar-refractivity contribution >= 4 is 75.0 Å². The topological polar surface area (TPSA) is 57.4 Å². The molecule has 265 valence electrons. The third-order valence-corrected chi connectivity index (χ3v) is 9.27. The molecule has 8 heteroatoms. The number of hydrogen-bond donors (Lipinski definition) is 2. The van der Waals surface area contributed by atoms with Gasteiger partial charge in [-0.3, -0.25) is 0 Å². The number of benzene rings is 4. The Hall–Kier alpha value is -5.43. The third kappa shape index (κ3) is 7.24. The normalized spacial score (nSPS) is 11.8. The molecule has 0 atom stereocenters. The number of nitrogens with one attached hydrogen (secondary N) is 2. The van der Waals surface area contributed by atoms with Crippen molar-refractivity contribution in [3.63, 3.8) is 0 Å². The van der Waals surface area contributed by atoms with Crippen molar-refractivity contribution in [2.75, 3.05) is 0 Å². The summed E-state index contributed by atoms with van der Waals surface area (Å²) in [7, 11) is 14.8. The van der Waals surface area contributed by atoms with Crippen LogP contribution in [0.2, 0.25) is 0 Å². The van der Waals surface area contributed by atoms with Crippen LogP contribution in [-0.2, 0) is 13.7 Å². The van der Waals surface area contributed by atoms with Gasteiger partial charge in [0.05, 0.1) is 33.9 Å². The average molecular weight is 852 g/mol. The fourth-order valence-corrected chi connectivity index (χ4v) is 7.03. The van der Waals surface area contributed by atoms with Crippen LogP contribution in [0, 0.1) is 12.3 Å². The SMILES string of the molecule is C#Cc1cc2[nH]c1c(-c1ccccc1)c1nc(c(-c3ccccc3)c3ccc([nH]3)c(-c3ccccc3)c3nc(c2-c2ccccc2)C=C3)C=C1.[Cl][Pd]([Cl])[Cl]. The number of aromatic nitrogens is 4. The molecule has 0 unspecified atom stereocenters. The molecule has 8 bridgehead atoms. The second-order valence-corrected chi connectivity index (χ2v) is 19.5. The summed E-state index contributed by atoms with van der Waals surface area (Å²) in [5.41, 5.74) is 15.9. The minimum absolute atomic E-state index is 0.755. The van der Waals surface area contributed by atoms with E-state index in [0.29, 0.717) is 0 Å². The quantitative estimate of drug-likeness (QED) is 0.137. The third-order valence-electron chi connectivity index (χ3n) is 9.27. The van der Waals surface area contributed by atoms with E-state index < -0.39 is 13.7 Å². The Morgan fingerprint density at radius 1 is 0.444 bits per heavy atom. The molecule has 3 aromatic heterocycles. The van der Waals surface area contributed by atoms with Crippen LogP contribution in [-0.4, -0.2) is 19.9 Å².